The Balaban J connectivity index is 1.74. The van der Waals surface area contributed by atoms with Gasteiger partial charge in [-0.2, -0.15) is 0 Å². The van der Waals surface area contributed by atoms with Crippen LogP contribution in [0.5, 0.6) is 0 Å². The van der Waals surface area contributed by atoms with Gasteiger partial charge in [0.15, 0.2) is 0 Å². The van der Waals surface area contributed by atoms with E-state index in [0.29, 0.717) is 30.2 Å². The molecular formula is C15H26N2O. The number of hydrogen-bond acceptors (Lipinski definition) is 2. The summed E-state index contributed by atoms with van der Waals surface area (Å²) in [4.78, 5) is 14.6. The van der Waals surface area contributed by atoms with Gasteiger partial charge >= 0.3 is 0 Å². The number of likely N-dealkylation sites (N-methyl/N-ethyl adjacent to an activating group) is 1. The number of nitrogens with zero attached hydrogens (tertiary/aromatic N) is 1. The molecule has 18 heavy (non-hydrogen) atoms. The SMILES string of the molecule is CC(CN)N(C)C(=O)C1C2CC3CC(C2)CC1C3. The van der Waals surface area contributed by atoms with E-state index in [2.05, 4.69) is 0 Å². The van der Waals surface area contributed by atoms with Crippen LogP contribution in [0.1, 0.15) is 39.0 Å². The molecule has 4 aliphatic rings. The molecule has 1 amide bonds. The fraction of sp³-hybridized carbons (Fsp3) is 0.933. The van der Waals surface area contributed by atoms with Gasteiger partial charge in [0.25, 0.3) is 0 Å². The predicted octanol–water partition coefficient (Wildman–Crippen LogP) is 1.86. The summed E-state index contributed by atoms with van der Waals surface area (Å²) in [5, 5.41) is 0. The van der Waals surface area contributed by atoms with Crippen molar-refractivity contribution in [1.82, 2.24) is 4.90 Å². The fourth-order valence-electron chi connectivity index (χ4n) is 4.94. The highest BCUT2D eigenvalue weighted by molar-refractivity contribution is 5.80. The lowest BCUT2D eigenvalue weighted by atomic mass is 9.51. The standard InChI is InChI=1S/C15H26N2O/c1-9(8-16)17(2)15(18)14-12-4-10-3-11(6-12)7-13(14)5-10/h9-14H,3-8,16H2,1-2H3. The lowest BCUT2D eigenvalue weighted by molar-refractivity contribution is -0.149. The Morgan fingerprint density at radius 1 is 1.17 bits per heavy atom. The largest absolute Gasteiger partial charge is 0.342 e. The Hall–Kier alpha value is -0.570. The second-order valence-electron chi connectivity index (χ2n) is 6.99. The highest BCUT2D eigenvalue weighted by Gasteiger charge is 2.51. The molecule has 1 atom stereocenters. The van der Waals surface area contributed by atoms with Gasteiger partial charge in [-0.25, -0.2) is 0 Å². The van der Waals surface area contributed by atoms with Gasteiger partial charge in [-0.15, -0.1) is 0 Å². The normalized spacial score (nSPS) is 42.9. The van der Waals surface area contributed by atoms with Crippen molar-refractivity contribution < 1.29 is 4.79 Å². The Morgan fingerprint density at radius 3 is 2.11 bits per heavy atom. The highest BCUT2D eigenvalue weighted by Crippen LogP contribution is 2.56. The van der Waals surface area contributed by atoms with Crippen LogP contribution in [0.15, 0.2) is 0 Å². The quantitative estimate of drug-likeness (QED) is 0.831. The first-order valence-electron chi connectivity index (χ1n) is 7.56. The van der Waals surface area contributed by atoms with Crippen molar-refractivity contribution in [3.05, 3.63) is 0 Å². The molecule has 4 saturated carbocycles. The Bertz CT molecular complexity index is 313. The highest BCUT2D eigenvalue weighted by atomic mass is 16.2. The summed E-state index contributed by atoms with van der Waals surface area (Å²) in [5.41, 5.74) is 5.69. The zero-order valence-corrected chi connectivity index (χ0v) is 11.6. The summed E-state index contributed by atoms with van der Waals surface area (Å²) in [5.74, 6) is 3.93. The zero-order valence-electron chi connectivity index (χ0n) is 11.6. The van der Waals surface area contributed by atoms with E-state index in [1.807, 2.05) is 18.9 Å². The molecule has 0 radical (unpaired) electrons. The van der Waals surface area contributed by atoms with Crippen LogP contribution in [0.4, 0.5) is 0 Å². The van der Waals surface area contributed by atoms with Crippen LogP contribution in [0.2, 0.25) is 0 Å². The monoisotopic (exact) mass is 250 g/mol. The third-order valence-electron chi connectivity index (χ3n) is 5.86. The number of nitrogens with two attached hydrogens (primary N) is 1. The van der Waals surface area contributed by atoms with Gasteiger partial charge in [-0.05, 0) is 62.7 Å². The van der Waals surface area contributed by atoms with Crippen molar-refractivity contribution in [3.8, 4) is 0 Å². The summed E-state index contributed by atoms with van der Waals surface area (Å²) < 4.78 is 0. The predicted molar refractivity (Wildman–Crippen MR) is 71.8 cm³/mol. The minimum Gasteiger partial charge on any atom is -0.342 e. The van der Waals surface area contributed by atoms with Crippen molar-refractivity contribution in [1.29, 1.82) is 0 Å². The summed E-state index contributed by atoms with van der Waals surface area (Å²) in [6.07, 6.45) is 6.70. The molecule has 0 spiro atoms. The van der Waals surface area contributed by atoms with Crippen molar-refractivity contribution in [2.75, 3.05) is 13.6 Å². The van der Waals surface area contributed by atoms with Gasteiger partial charge in [0, 0.05) is 25.6 Å². The van der Waals surface area contributed by atoms with E-state index in [0.717, 1.165) is 11.8 Å². The van der Waals surface area contributed by atoms with E-state index in [4.69, 9.17) is 5.73 Å². The van der Waals surface area contributed by atoms with Crippen LogP contribution in [-0.2, 0) is 4.79 Å². The van der Waals surface area contributed by atoms with Crippen LogP contribution >= 0.6 is 0 Å². The van der Waals surface area contributed by atoms with E-state index in [9.17, 15) is 4.79 Å². The molecule has 0 aromatic carbocycles. The summed E-state index contributed by atoms with van der Waals surface area (Å²) in [6, 6.07) is 0.176. The summed E-state index contributed by atoms with van der Waals surface area (Å²) in [7, 11) is 1.94. The third-order valence-corrected chi connectivity index (χ3v) is 5.86. The molecule has 2 N–H and O–H groups in total. The Labute approximate surface area is 110 Å². The van der Waals surface area contributed by atoms with E-state index >= 15 is 0 Å². The molecule has 0 heterocycles. The van der Waals surface area contributed by atoms with Crippen LogP contribution in [0.25, 0.3) is 0 Å². The maximum Gasteiger partial charge on any atom is 0.226 e. The van der Waals surface area contributed by atoms with E-state index in [-0.39, 0.29) is 6.04 Å². The maximum atomic E-state index is 12.7. The number of carbonyl (C=O) groups is 1. The van der Waals surface area contributed by atoms with Gasteiger partial charge in [0.05, 0.1) is 0 Å². The number of hydrogen-bond donors (Lipinski definition) is 1. The summed E-state index contributed by atoms with van der Waals surface area (Å²) >= 11 is 0. The van der Waals surface area contributed by atoms with Gasteiger partial charge in [0.2, 0.25) is 5.91 Å². The van der Waals surface area contributed by atoms with Crippen LogP contribution in [0.3, 0.4) is 0 Å². The van der Waals surface area contributed by atoms with Crippen LogP contribution < -0.4 is 5.73 Å². The van der Waals surface area contributed by atoms with Crippen molar-refractivity contribution >= 4 is 5.91 Å². The number of amides is 1. The van der Waals surface area contributed by atoms with Gasteiger partial charge in [0.1, 0.15) is 0 Å². The molecule has 0 aromatic rings. The third kappa shape index (κ3) is 1.87. The zero-order chi connectivity index (χ0) is 12.9. The topological polar surface area (TPSA) is 46.3 Å². The van der Waals surface area contributed by atoms with Gasteiger partial charge < -0.3 is 10.6 Å². The summed E-state index contributed by atoms with van der Waals surface area (Å²) in [6.45, 7) is 2.61. The first-order valence-corrected chi connectivity index (χ1v) is 7.56. The molecule has 4 aliphatic carbocycles. The second-order valence-corrected chi connectivity index (χ2v) is 6.99. The molecule has 4 fully saturated rings. The molecule has 0 saturated heterocycles. The molecule has 4 rings (SSSR count). The molecule has 4 bridgehead atoms. The minimum absolute atomic E-state index is 0.176. The Morgan fingerprint density at radius 2 is 1.67 bits per heavy atom. The lowest BCUT2D eigenvalue weighted by Gasteiger charge is -2.54. The molecule has 1 unspecified atom stereocenters. The van der Waals surface area contributed by atoms with Gasteiger partial charge in [-0.1, -0.05) is 0 Å². The van der Waals surface area contributed by atoms with Gasteiger partial charge in [-0.3, -0.25) is 4.79 Å². The maximum absolute atomic E-state index is 12.7. The van der Waals surface area contributed by atoms with Crippen molar-refractivity contribution in [3.63, 3.8) is 0 Å². The molecule has 0 aromatic heterocycles. The average Bonchev–Trinajstić information content (AvgIpc) is 2.35. The molecular weight excluding hydrogens is 224 g/mol. The Kier molecular flexibility index (Phi) is 3.13. The average molecular weight is 250 g/mol. The lowest BCUT2D eigenvalue weighted by Crippen LogP contribution is -2.53. The molecule has 3 nitrogen and oxygen atoms in total. The first kappa shape index (κ1) is 12.5. The second kappa shape index (κ2) is 4.52. The number of carbonyl (C=O) groups excluding carboxylic acids is 1. The molecule has 102 valence electrons. The fourth-order valence-corrected chi connectivity index (χ4v) is 4.94. The smallest absolute Gasteiger partial charge is 0.226 e. The molecule has 3 heteroatoms. The van der Waals surface area contributed by atoms with E-state index < -0.39 is 0 Å². The van der Waals surface area contributed by atoms with Crippen LogP contribution in [0, 0.1) is 29.6 Å². The van der Waals surface area contributed by atoms with E-state index in [1.54, 1.807) is 0 Å². The first-order chi connectivity index (χ1) is 8.60. The van der Waals surface area contributed by atoms with Crippen molar-refractivity contribution in [2.45, 2.75) is 45.1 Å². The van der Waals surface area contributed by atoms with Crippen molar-refractivity contribution in [2.24, 2.45) is 35.3 Å². The number of rotatable bonds is 3. The minimum atomic E-state index is 0.176. The van der Waals surface area contributed by atoms with Crippen LogP contribution in [-0.4, -0.2) is 30.4 Å². The molecule has 0 aliphatic heterocycles. The van der Waals surface area contributed by atoms with E-state index in [1.165, 1.54) is 32.1 Å².